The Bertz CT molecular complexity index is 301. The molecule has 0 aliphatic heterocycles. The zero-order valence-electron chi connectivity index (χ0n) is 11.4. The van der Waals surface area contributed by atoms with Crippen LogP contribution >= 0.6 is 0 Å². The van der Waals surface area contributed by atoms with E-state index in [0.29, 0.717) is 5.92 Å². The third kappa shape index (κ3) is 4.39. The van der Waals surface area contributed by atoms with Gasteiger partial charge < -0.3 is 10.6 Å². The van der Waals surface area contributed by atoms with Crippen molar-refractivity contribution < 1.29 is 0 Å². The van der Waals surface area contributed by atoms with Crippen molar-refractivity contribution in [3.05, 3.63) is 29.8 Å². The fourth-order valence-corrected chi connectivity index (χ4v) is 2.05. The van der Waals surface area contributed by atoms with Gasteiger partial charge in [0.1, 0.15) is 0 Å². The van der Waals surface area contributed by atoms with E-state index < -0.39 is 0 Å². The number of nitrogens with zero attached hydrogens (tertiary/aromatic N) is 1. The summed E-state index contributed by atoms with van der Waals surface area (Å²) in [5.41, 5.74) is 8.39. The van der Waals surface area contributed by atoms with Crippen LogP contribution in [0.4, 0.5) is 5.69 Å². The number of hydrogen-bond donors (Lipinski definition) is 1. The highest BCUT2D eigenvalue weighted by molar-refractivity contribution is 5.47. The second-order valence-electron chi connectivity index (χ2n) is 4.71. The second kappa shape index (κ2) is 7.33. The molecule has 0 spiro atoms. The van der Waals surface area contributed by atoms with Crippen molar-refractivity contribution in [1.29, 1.82) is 0 Å². The van der Waals surface area contributed by atoms with E-state index in [1.165, 1.54) is 24.1 Å². The van der Waals surface area contributed by atoms with E-state index in [9.17, 15) is 0 Å². The molecular weight excluding hydrogens is 208 g/mol. The summed E-state index contributed by atoms with van der Waals surface area (Å²) in [6, 6.07) is 8.78. The number of hydrogen-bond acceptors (Lipinski definition) is 2. The van der Waals surface area contributed by atoms with Crippen molar-refractivity contribution in [2.45, 2.75) is 33.6 Å². The Morgan fingerprint density at radius 1 is 1.18 bits per heavy atom. The van der Waals surface area contributed by atoms with Crippen LogP contribution in [0.1, 0.15) is 32.3 Å². The zero-order valence-corrected chi connectivity index (χ0v) is 11.4. The van der Waals surface area contributed by atoms with Crippen LogP contribution in [0, 0.1) is 12.8 Å². The van der Waals surface area contributed by atoms with E-state index in [1.807, 2.05) is 0 Å². The lowest BCUT2D eigenvalue weighted by molar-refractivity contribution is 0.480. The predicted octanol–water partition coefficient (Wildman–Crippen LogP) is 3.20. The van der Waals surface area contributed by atoms with Gasteiger partial charge in [-0.25, -0.2) is 0 Å². The quantitative estimate of drug-likeness (QED) is 0.785. The topological polar surface area (TPSA) is 29.3 Å². The number of nitrogens with two attached hydrogens (primary N) is 1. The smallest absolute Gasteiger partial charge is 0.0366 e. The standard InChI is InChI=1S/C15H26N2/c1-4-14(12-16)10-11-17(5-2)15-8-6-13(3)7-9-15/h6-9,14H,4-5,10-12,16H2,1-3H3. The van der Waals surface area contributed by atoms with Crippen LogP contribution < -0.4 is 10.6 Å². The van der Waals surface area contributed by atoms with Crippen LogP contribution in [0.5, 0.6) is 0 Å². The summed E-state index contributed by atoms with van der Waals surface area (Å²) in [7, 11) is 0. The Labute approximate surface area is 106 Å². The number of aryl methyl sites for hydroxylation is 1. The normalized spacial score (nSPS) is 12.5. The fourth-order valence-electron chi connectivity index (χ4n) is 2.05. The molecule has 2 nitrogen and oxygen atoms in total. The maximum Gasteiger partial charge on any atom is 0.0366 e. The minimum atomic E-state index is 0.662. The average Bonchev–Trinajstić information content (AvgIpc) is 2.36. The van der Waals surface area contributed by atoms with E-state index in [2.05, 4.69) is 49.9 Å². The molecule has 0 aliphatic carbocycles. The van der Waals surface area contributed by atoms with Crippen LogP contribution in [0.2, 0.25) is 0 Å². The van der Waals surface area contributed by atoms with Crippen molar-refractivity contribution in [1.82, 2.24) is 0 Å². The van der Waals surface area contributed by atoms with Crippen molar-refractivity contribution >= 4 is 5.69 Å². The molecule has 0 aromatic heterocycles. The van der Waals surface area contributed by atoms with Gasteiger partial charge in [0.15, 0.2) is 0 Å². The van der Waals surface area contributed by atoms with Gasteiger partial charge in [-0.15, -0.1) is 0 Å². The van der Waals surface area contributed by atoms with Gasteiger partial charge >= 0.3 is 0 Å². The summed E-state index contributed by atoms with van der Waals surface area (Å²) in [6.45, 7) is 9.53. The van der Waals surface area contributed by atoms with Crippen molar-refractivity contribution in [2.75, 3.05) is 24.5 Å². The molecule has 2 N–H and O–H groups in total. The van der Waals surface area contributed by atoms with Crippen molar-refractivity contribution in [3.8, 4) is 0 Å². The van der Waals surface area contributed by atoms with Gasteiger partial charge in [0, 0.05) is 18.8 Å². The first kappa shape index (κ1) is 14.0. The number of anilines is 1. The molecular formula is C15H26N2. The van der Waals surface area contributed by atoms with Gasteiger partial charge in [0.05, 0.1) is 0 Å². The van der Waals surface area contributed by atoms with Gasteiger partial charge in [0.2, 0.25) is 0 Å². The molecule has 1 atom stereocenters. The van der Waals surface area contributed by atoms with E-state index in [0.717, 1.165) is 19.6 Å². The minimum absolute atomic E-state index is 0.662. The van der Waals surface area contributed by atoms with Crippen LogP contribution in [-0.4, -0.2) is 19.6 Å². The molecule has 1 aromatic rings. The third-order valence-electron chi connectivity index (χ3n) is 3.50. The van der Waals surface area contributed by atoms with Gasteiger partial charge in [-0.05, 0) is 44.9 Å². The molecule has 2 heteroatoms. The molecule has 0 bridgehead atoms. The number of benzene rings is 1. The van der Waals surface area contributed by atoms with E-state index >= 15 is 0 Å². The molecule has 1 aromatic carbocycles. The third-order valence-corrected chi connectivity index (χ3v) is 3.50. The molecule has 0 saturated heterocycles. The van der Waals surface area contributed by atoms with Crippen LogP contribution in [0.15, 0.2) is 24.3 Å². The van der Waals surface area contributed by atoms with E-state index in [4.69, 9.17) is 5.73 Å². The average molecular weight is 234 g/mol. The first-order valence-corrected chi connectivity index (χ1v) is 6.72. The van der Waals surface area contributed by atoms with Gasteiger partial charge in [-0.1, -0.05) is 31.0 Å². The monoisotopic (exact) mass is 234 g/mol. The summed E-state index contributed by atoms with van der Waals surface area (Å²) in [4.78, 5) is 2.43. The highest BCUT2D eigenvalue weighted by Crippen LogP contribution is 2.17. The number of rotatable bonds is 7. The Balaban J connectivity index is 2.56. The molecule has 0 saturated carbocycles. The first-order chi connectivity index (χ1) is 8.21. The highest BCUT2D eigenvalue weighted by Gasteiger charge is 2.08. The van der Waals surface area contributed by atoms with Gasteiger partial charge in [0.25, 0.3) is 0 Å². The summed E-state index contributed by atoms with van der Waals surface area (Å²) in [5, 5.41) is 0. The van der Waals surface area contributed by atoms with Crippen molar-refractivity contribution in [3.63, 3.8) is 0 Å². The molecule has 0 heterocycles. The van der Waals surface area contributed by atoms with Crippen molar-refractivity contribution in [2.24, 2.45) is 11.7 Å². The highest BCUT2D eigenvalue weighted by atomic mass is 15.1. The Hall–Kier alpha value is -1.02. The maximum atomic E-state index is 5.75. The largest absolute Gasteiger partial charge is 0.372 e. The minimum Gasteiger partial charge on any atom is -0.372 e. The summed E-state index contributed by atoms with van der Waals surface area (Å²) in [6.07, 6.45) is 2.37. The lowest BCUT2D eigenvalue weighted by Crippen LogP contribution is -2.27. The molecule has 96 valence electrons. The van der Waals surface area contributed by atoms with Crippen LogP contribution in [0.3, 0.4) is 0 Å². The van der Waals surface area contributed by atoms with E-state index in [-0.39, 0.29) is 0 Å². The van der Waals surface area contributed by atoms with Crippen LogP contribution in [-0.2, 0) is 0 Å². The van der Waals surface area contributed by atoms with Gasteiger partial charge in [-0.2, -0.15) is 0 Å². The molecule has 17 heavy (non-hydrogen) atoms. The van der Waals surface area contributed by atoms with Crippen LogP contribution in [0.25, 0.3) is 0 Å². The molecule has 1 unspecified atom stereocenters. The fraction of sp³-hybridized carbons (Fsp3) is 0.600. The maximum absolute atomic E-state index is 5.75. The predicted molar refractivity (Wildman–Crippen MR) is 76.5 cm³/mol. The lowest BCUT2D eigenvalue weighted by atomic mass is 10.0. The second-order valence-corrected chi connectivity index (χ2v) is 4.71. The van der Waals surface area contributed by atoms with E-state index in [1.54, 1.807) is 0 Å². The molecule has 0 fully saturated rings. The molecule has 0 radical (unpaired) electrons. The Kier molecular flexibility index (Phi) is 6.06. The summed E-state index contributed by atoms with van der Waals surface area (Å²) >= 11 is 0. The van der Waals surface area contributed by atoms with Gasteiger partial charge in [-0.3, -0.25) is 0 Å². The molecule has 0 amide bonds. The SMILES string of the molecule is CCC(CN)CCN(CC)c1ccc(C)cc1. The Morgan fingerprint density at radius 3 is 2.29 bits per heavy atom. The summed E-state index contributed by atoms with van der Waals surface area (Å²) in [5.74, 6) is 0.662. The first-order valence-electron chi connectivity index (χ1n) is 6.72. The molecule has 0 aliphatic rings. The molecule has 1 rings (SSSR count). The summed E-state index contributed by atoms with van der Waals surface area (Å²) < 4.78 is 0. The zero-order chi connectivity index (χ0) is 12.7. The lowest BCUT2D eigenvalue weighted by Gasteiger charge is -2.25. The Morgan fingerprint density at radius 2 is 1.82 bits per heavy atom.